The average molecular weight is 456 g/mol. The summed E-state index contributed by atoms with van der Waals surface area (Å²) in [5.41, 5.74) is 2.77. The van der Waals surface area contributed by atoms with Crippen LogP contribution >= 0.6 is 23.4 Å². The molecule has 4 rings (SSSR count). The van der Waals surface area contributed by atoms with E-state index in [9.17, 15) is 0 Å². The number of rotatable bonds is 6. The van der Waals surface area contributed by atoms with Crippen molar-refractivity contribution in [3.8, 4) is 28.7 Å². The molecule has 0 spiro atoms. The number of hydrogen-bond acceptors (Lipinski definition) is 5. The predicted molar refractivity (Wildman–Crippen MR) is 125 cm³/mol. The van der Waals surface area contributed by atoms with Crippen LogP contribution in [0.4, 0.5) is 0 Å². The van der Waals surface area contributed by atoms with E-state index in [4.69, 9.17) is 26.1 Å². The molecule has 0 atom stereocenters. The van der Waals surface area contributed by atoms with E-state index in [0.717, 1.165) is 27.7 Å². The van der Waals surface area contributed by atoms with Gasteiger partial charge in [0.15, 0.2) is 11.5 Å². The van der Waals surface area contributed by atoms with E-state index < -0.39 is 0 Å². The van der Waals surface area contributed by atoms with Gasteiger partial charge in [0.25, 0.3) is 5.16 Å². The van der Waals surface area contributed by atoms with E-state index in [1.807, 2.05) is 47.9 Å². The molecule has 31 heavy (non-hydrogen) atoms. The molecule has 2 aromatic carbocycles. The van der Waals surface area contributed by atoms with E-state index in [0.29, 0.717) is 32.9 Å². The maximum absolute atomic E-state index is 6.66. The molecule has 0 bridgehead atoms. The summed E-state index contributed by atoms with van der Waals surface area (Å²) in [5, 5.41) is 11.2. The summed E-state index contributed by atoms with van der Waals surface area (Å²) in [4.78, 5) is 4.74. The van der Waals surface area contributed by atoms with Crippen LogP contribution in [0.3, 0.4) is 0 Å². The number of pyridine rings is 1. The number of hydrogen-bond donors (Lipinski definition) is 1. The van der Waals surface area contributed by atoms with Gasteiger partial charge in [-0.15, -0.1) is 5.10 Å². The van der Waals surface area contributed by atoms with Crippen molar-refractivity contribution >= 4 is 34.1 Å². The quantitative estimate of drug-likeness (QED) is 0.312. The monoisotopic (exact) mass is 455 g/mol. The smallest absolute Gasteiger partial charge is 0.423 e. The topological polar surface area (TPSA) is 63.9 Å². The molecular weight excluding hydrogens is 432 g/mol. The number of fused-ring (bicyclic) bond motifs is 1. The minimum atomic E-state index is 0.381. The minimum Gasteiger partial charge on any atom is -0.493 e. The van der Waals surface area contributed by atoms with Gasteiger partial charge in [0.1, 0.15) is 5.69 Å². The summed E-state index contributed by atoms with van der Waals surface area (Å²) < 4.78 is 13.2. The van der Waals surface area contributed by atoms with Gasteiger partial charge in [-0.25, -0.2) is 0 Å². The summed E-state index contributed by atoms with van der Waals surface area (Å²) in [7, 11) is 3.27. The third-order valence-electron chi connectivity index (χ3n) is 4.89. The number of nitrogens with zero attached hydrogens (tertiary/aromatic N) is 3. The molecule has 0 saturated carbocycles. The number of H-pyrrole nitrogens is 1. The van der Waals surface area contributed by atoms with Gasteiger partial charge in [-0.2, -0.15) is 4.57 Å². The fourth-order valence-corrected chi connectivity index (χ4v) is 4.48. The number of thioether (sulfide) groups is 1. The second-order valence-corrected chi connectivity index (χ2v) is 9.30. The number of benzene rings is 2. The number of nitrogens with one attached hydrogen (secondary N) is 1. The van der Waals surface area contributed by atoms with E-state index >= 15 is 0 Å². The average Bonchev–Trinajstić information content (AvgIpc) is 3.19. The van der Waals surface area contributed by atoms with Gasteiger partial charge >= 0.3 is 5.95 Å². The third-order valence-corrected chi connectivity index (χ3v) is 6.08. The maximum atomic E-state index is 6.66. The highest BCUT2D eigenvalue weighted by Crippen LogP contribution is 2.38. The second-order valence-electron chi connectivity index (χ2n) is 7.35. The van der Waals surface area contributed by atoms with Crippen molar-refractivity contribution in [1.29, 1.82) is 0 Å². The lowest BCUT2D eigenvalue weighted by atomic mass is 10.0. The molecule has 0 saturated heterocycles. The van der Waals surface area contributed by atoms with Crippen LogP contribution in [0.1, 0.15) is 19.5 Å². The van der Waals surface area contributed by atoms with Crippen molar-refractivity contribution in [2.75, 3.05) is 14.2 Å². The van der Waals surface area contributed by atoms with Gasteiger partial charge < -0.3 is 9.47 Å². The number of ether oxygens (including phenoxy) is 2. The van der Waals surface area contributed by atoms with Crippen LogP contribution in [-0.2, 0) is 0 Å². The molecule has 0 aliphatic heterocycles. The van der Waals surface area contributed by atoms with Crippen LogP contribution < -0.4 is 14.0 Å². The summed E-state index contributed by atoms with van der Waals surface area (Å²) >= 11 is 8.27. The van der Waals surface area contributed by atoms with Crippen LogP contribution in [-0.4, -0.2) is 34.7 Å². The van der Waals surface area contributed by atoms with Crippen molar-refractivity contribution in [3.05, 3.63) is 53.2 Å². The molecule has 0 radical (unpaired) electrons. The third kappa shape index (κ3) is 4.07. The molecule has 0 aliphatic carbocycles. The SMILES string of the molecule is COc1cc2cc(C)[n+](-c3nc(SC(C)C)n[nH]3)c(-c3ccccc3Cl)c2cc1OC. The van der Waals surface area contributed by atoms with Crippen molar-refractivity contribution < 1.29 is 14.0 Å². The first-order valence-corrected chi connectivity index (χ1v) is 11.1. The second kappa shape index (κ2) is 8.77. The number of halogens is 1. The molecule has 8 heteroatoms. The zero-order valence-corrected chi connectivity index (χ0v) is 19.6. The lowest BCUT2D eigenvalue weighted by molar-refractivity contribution is -0.597. The predicted octanol–water partition coefficient (Wildman–Crippen LogP) is 5.38. The minimum absolute atomic E-state index is 0.381. The molecule has 2 aromatic heterocycles. The molecule has 6 nitrogen and oxygen atoms in total. The van der Waals surface area contributed by atoms with Crippen LogP contribution in [0.5, 0.6) is 11.5 Å². The van der Waals surface area contributed by atoms with Crippen LogP contribution in [0.25, 0.3) is 28.0 Å². The first-order valence-electron chi connectivity index (χ1n) is 9.88. The van der Waals surface area contributed by atoms with Crippen LogP contribution in [0.2, 0.25) is 5.02 Å². The van der Waals surface area contributed by atoms with Crippen molar-refractivity contribution in [2.24, 2.45) is 0 Å². The van der Waals surface area contributed by atoms with E-state index in [1.165, 1.54) is 0 Å². The Hall–Kier alpha value is -2.77. The van der Waals surface area contributed by atoms with Crippen LogP contribution in [0, 0.1) is 6.92 Å². The molecule has 2 heterocycles. The Morgan fingerprint density at radius 2 is 1.77 bits per heavy atom. The first-order chi connectivity index (χ1) is 14.9. The van der Waals surface area contributed by atoms with E-state index in [-0.39, 0.29) is 0 Å². The molecular formula is C23H24ClN4O2S+. The van der Waals surface area contributed by atoms with Crippen LogP contribution in [0.15, 0.2) is 47.6 Å². The summed E-state index contributed by atoms with van der Waals surface area (Å²) in [6.07, 6.45) is 0. The molecule has 1 N–H and O–H groups in total. The van der Waals surface area contributed by atoms with Gasteiger partial charge in [0.05, 0.1) is 24.9 Å². The Kier molecular flexibility index (Phi) is 6.07. The zero-order chi connectivity index (χ0) is 22.1. The lowest BCUT2D eigenvalue weighted by Gasteiger charge is -2.16. The number of aromatic nitrogens is 4. The summed E-state index contributed by atoms with van der Waals surface area (Å²) in [6.45, 7) is 6.27. The largest absolute Gasteiger partial charge is 0.493 e. The molecule has 4 aromatic rings. The Balaban J connectivity index is 2.08. The highest BCUT2D eigenvalue weighted by atomic mass is 35.5. The van der Waals surface area contributed by atoms with Gasteiger partial charge in [-0.3, -0.25) is 0 Å². The first kappa shape index (κ1) is 21.5. The number of aromatic amines is 1. The summed E-state index contributed by atoms with van der Waals surface area (Å²) in [5.74, 6) is 1.95. The van der Waals surface area contributed by atoms with E-state index in [1.54, 1.807) is 26.0 Å². The van der Waals surface area contributed by atoms with Crippen molar-refractivity contribution in [2.45, 2.75) is 31.2 Å². The van der Waals surface area contributed by atoms with Gasteiger partial charge in [-0.05, 0) is 47.6 Å². The maximum Gasteiger partial charge on any atom is 0.423 e. The fraction of sp³-hybridized carbons (Fsp3) is 0.261. The summed E-state index contributed by atoms with van der Waals surface area (Å²) in [6, 6.07) is 13.8. The Bertz CT molecular complexity index is 1260. The standard InChI is InChI=1S/C23H24ClN4O2S/c1-13(2)31-23-25-22(26-27-23)28-14(3)10-15-11-19(29-4)20(30-5)12-17(15)21(28)16-8-6-7-9-18(16)24/h6-13H,1-5H3,(H,25,26,27)/q+1. The highest BCUT2D eigenvalue weighted by molar-refractivity contribution is 7.99. The molecule has 0 unspecified atom stereocenters. The lowest BCUT2D eigenvalue weighted by Crippen LogP contribution is -2.38. The molecule has 0 aliphatic rings. The molecule has 0 amide bonds. The van der Waals surface area contributed by atoms with Gasteiger partial charge in [-0.1, -0.05) is 54.4 Å². The van der Waals surface area contributed by atoms with Gasteiger partial charge in [0.2, 0.25) is 0 Å². The molecule has 160 valence electrons. The van der Waals surface area contributed by atoms with Gasteiger partial charge in [0, 0.05) is 16.2 Å². The Labute approximate surface area is 190 Å². The fourth-order valence-electron chi connectivity index (χ4n) is 3.60. The Morgan fingerprint density at radius 1 is 1.06 bits per heavy atom. The van der Waals surface area contributed by atoms with Crippen molar-refractivity contribution in [1.82, 2.24) is 15.2 Å². The van der Waals surface area contributed by atoms with E-state index in [2.05, 4.69) is 30.1 Å². The number of methoxy groups -OCH3 is 2. The molecule has 0 fully saturated rings. The zero-order valence-electron chi connectivity index (χ0n) is 18.1. The highest BCUT2D eigenvalue weighted by Gasteiger charge is 2.26. The Morgan fingerprint density at radius 3 is 2.45 bits per heavy atom. The number of aryl methyl sites for hydroxylation is 1. The van der Waals surface area contributed by atoms with Crippen molar-refractivity contribution in [3.63, 3.8) is 0 Å². The normalized spacial score (nSPS) is 11.3.